The van der Waals surface area contributed by atoms with Crippen LogP contribution in [-0.4, -0.2) is 15.0 Å². The molecule has 1 aromatic carbocycles. The van der Waals surface area contributed by atoms with Gasteiger partial charge in [-0.2, -0.15) is 8.78 Å². The van der Waals surface area contributed by atoms with Gasteiger partial charge >= 0.3 is 5.76 Å². The summed E-state index contributed by atoms with van der Waals surface area (Å²) < 4.78 is 36.3. The number of nitrogens with zero attached hydrogens (tertiary/aromatic N) is 1. The molecule has 1 heterocycles. The Balaban J connectivity index is 2.52. The fourth-order valence-corrected chi connectivity index (χ4v) is 3.01. The minimum atomic E-state index is -2.87. The Morgan fingerprint density at radius 1 is 1.47 bits per heavy atom. The van der Waals surface area contributed by atoms with E-state index in [9.17, 15) is 13.0 Å². The fourth-order valence-electron chi connectivity index (χ4n) is 1.18. The van der Waals surface area contributed by atoms with E-state index in [4.69, 9.17) is 0 Å². The maximum absolute atomic E-state index is 12.2. The van der Waals surface area contributed by atoms with Crippen LogP contribution in [0.25, 0.3) is 10.2 Å². The molecular weight excluding hydrogens is 240 g/mol. The molecule has 0 fully saturated rings. The first-order chi connectivity index (χ1) is 7.08. The van der Waals surface area contributed by atoms with Crippen molar-refractivity contribution >= 4 is 32.4 Å². The Hall–Kier alpha value is -0.880. The Morgan fingerprint density at radius 3 is 2.87 bits per heavy atom. The van der Waals surface area contributed by atoms with E-state index < -0.39 is 16.6 Å². The lowest BCUT2D eigenvalue weighted by Crippen LogP contribution is -2.01. The van der Waals surface area contributed by atoms with E-state index in [2.05, 4.69) is 4.98 Å². The molecule has 80 valence electrons. The van der Waals surface area contributed by atoms with Gasteiger partial charge in [0.2, 0.25) is 0 Å². The smallest absolute Gasteiger partial charge is 0.246 e. The van der Waals surface area contributed by atoms with E-state index in [1.165, 1.54) is 0 Å². The normalized spacial score (nSPS) is 13.6. The molecule has 1 unspecified atom stereocenters. The molecular formula is C9H7F2NOS2. The SMILES string of the molecule is Cc1ccc2sc(S(=O)C(F)F)nc2c1. The number of alkyl halides is 2. The molecule has 0 spiro atoms. The molecule has 0 bridgehead atoms. The predicted octanol–water partition coefficient (Wildman–Crippen LogP) is 2.93. The lowest BCUT2D eigenvalue weighted by Gasteiger charge is -1.92. The second-order valence-electron chi connectivity index (χ2n) is 3.01. The molecule has 15 heavy (non-hydrogen) atoms. The molecule has 2 rings (SSSR count). The van der Waals surface area contributed by atoms with Crippen LogP contribution in [0.4, 0.5) is 8.78 Å². The van der Waals surface area contributed by atoms with Crippen molar-refractivity contribution in [1.82, 2.24) is 4.98 Å². The Labute approximate surface area is 91.4 Å². The zero-order valence-corrected chi connectivity index (χ0v) is 9.37. The summed E-state index contributed by atoms with van der Waals surface area (Å²) >= 11 is 1.05. The first-order valence-corrected chi connectivity index (χ1v) is 6.17. The van der Waals surface area contributed by atoms with E-state index in [1.54, 1.807) is 12.1 Å². The summed E-state index contributed by atoms with van der Waals surface area (Å²) in [7, 11) is -2.30. The molecule has 0 saturated heterocycles. The van der Waals surface area contributed by atoms with Gasteiger partial charge in [-0.15, -0.1) is 11.3 Å². The number of halogens is 2. The molecule has 0 radical (unpaired) electrons. The second kappa shape index (κ2) is 3.94. The highest BCUT2D eigenvalue weighted by atomic mass is 32.2. The van der Waals surface area contributed by atoms with Crippen LogP contribution in [0.3, 0.4) is 0 Å². The maximum atomic E-state index is 12.2. The molecule has 0 N–H and O–H groups in total. The maximum Gasteiger partial charge on any atom is 0.318 e. The van der Waals surface area contributed by atoms with E-state index in [0.717, 1.165) is 21.6 Å². The summed E-state index contributed by atoms with van der Waals surface area (Å²) in [5, 5.41) is 0. The van der Waals surface area contributed by atoms with Crippen molar-refractivity contribution in [3.63, 3.8) is 0 Å². The number of fused-ring (bicyclic) bond motifs is 1. The summed E-state index contributed by atoms with van der Waals surface area (Å²) in [6.07, 6.45) is 0. The van der Waals surface area contributed by atoms with Crippen LogP contribution >= 0.6 is 11.3 Å². The molecule has 0 aliphatic rings. The minimum Gasteiger partial charge on any atom is -0.246 e. The van der Waals surface area contributed by atoms with Gasteiger partial charge < -0.3 is 0 Å². The highest BCUT2D eigenvalue weighted by molar-refractivity contribution is 7.87. The van der Waals surface area contributed by atoms with E-state index in [0.29, 0.717) is 5.52 Å². The number of hydrogen-bond donors (Lipinski definition) is 0. The van der Waals surface area contributed by atoms with Crippen LogP contribution in [0.5, 0.6) is 0 Å². The zero-order valence-electron chi connectivity index (χ0n) is 7.74. The van der Waals surface area contributed by atoms with Crippen LogP contribution in [-0.2, 0) is 10.8 Å². The van der Waals surface area contributed by atoms with Crippen molar-refractivity contribution in [1.29, 1.82) is 0 Å². The van der Waals surface area contributed by atoms with Crippen LogP contribution in [0, 0.1) is 6.92 Å². The summed E-state index contributed by atoms with van der Waals surface area (Å²) in [6.45, 7) is 1.89. The largest absolute Gasteiger partial charge is 0.318 e. The van der Waals surface area contributed by atoms with Gasteiger partial charge in [0.15, 0.2) is 4.34 Å². The van der Waals surface area contributed by atoms with Gasteiger partial charge in [-0.05, 0) is 24.6 Å². The number of thiazole rings is 1. The first-order valence-electron chi connectivity index (χ1n) is 4.14. The minimum absolute atomic E-state index is 0.00870. The second-order valence-corrected chi connectivity index (χ2v) is 5.64. The molecule has 0 aliphatic heterocycles. The topological polar surface area (TPSA) is 30.0 Å². The van der Waals surface area contributed by atoms with Crippen molar-refractivity contribution in [2.75, 3.05) is 0 Å². The summed E-state index contributed by atoms with van der Waals surface area (Å²) in [5.74, 6) is -2.87. The standard InChI is InChI=1S/C9H7F2NOS2/c1-5-2-3-7-6(4-5)12-9(14-7)15(13)8(10)11/h2-4,8H,1H3. The van der Waals surface area contributed by atoms with Crippen LogP contribution in [0.15, 0.2) is 22.5 Å². The Bertz CT molecular complexity index is 524. The van der Waals surface area contributed by atoms with Crippen LogP contribution in [0.1, 0.15) is 5.56 Å². The molecule has 1 atom stereocenters. The van der Waals surface area contributed by atoms with Crippen molar-refractivity contribution < 1.29 is 13.0 Å². The Morgan fingerprint density at radius 2 is 2.20 bits per heavy atom. The van der Waals surface area contributed by atoms with Gasteiger partial charge in [-0.3, -0.25) is 0 Å². The monoisotopic (exact) mass is 247 g/mol. The molecule has 0 saturated carbocycles. The molecule has 2 nitrogen and oxygen atoms in total. The molecule has 6 heteroatoms. The molecule has 1 aromatic heterocycles. The average Bonchev–Trinajstić information content (AvgIpc) is 2.58. The van der Waals surface area contributed by atoms with Gasteiger partial charge in [0.1, 0.15) is 10.8 Å². The van der Waals surface area contributed by atoms with E-state index >= 15 is 0 Å². The molecule has 2 aromatic rings. The van der Waals surface area contributed by atoms with Gasteiger partial charge in [-0.1, -0.05) is 6.07 Å². The molecule has 0 aliphatic carbocycles. The lowest BCUT2D eigenvalue weighted by atomic mass is 10.2. The van der Waals surface area contributed by atoms with Crippen molar-refractivity contribution in [3.05, 3.63) is 23.8 Å². The summed E-state index contributed by atoms with van der Waals surface area (Å²) in [6, 6.07) is 5.46. The predicted molar refractivity (Wildman–Crippen MR) is 56.8 cm³/mol. The number of benzene rings is 1. The number of aromatic nitrogens is 1. The highest BCUT2D eigenvalue weighted by Crippen LogP contribution is 2.26. The van der Waals surface area contributed by atoms with Crippen molar-refractivity contribution in [3.8, 4) is 0 Å². The van der Waals surface area contributed by atoms with Gasteiger partial charge in [0.05, 0.1) is 10.2 Å². The summed E-state index contributed by atoms with van der Waals surface area (Å²) in [4.78, 5) is 3.93. The number of rotatable bonds is 2. The number of aryl methyl sites for hydroxylation is 1. The van der Waals surface area contributed by atoms with Gasteiger partial charge in [-0.25, -0.2) is 9.19 Å². The number of hydrogen-bond acceptors (Lipinski definition) is 3. The van der Waals surface area contributed by atoms with Gasteiger partial charge in [0.25, 0.3) is 0 Å². The third kappa shape index (κ3) is 2.05. The van der Waals surface area contributed by atoms with Crippen molar-refractivity contribution in [2.24, 2.45) is 0 Å². The summed E-state index contributed by atoms with van der Waals surface area (Å²) in [5.41, 5.74) is 1.63. The fraction of sp³-hybridized carbons (Fsp3) is 0.222. The third-order valence-electron chi connectivity index (χ3n) is 1.86. The van der Waals surface area contributed by atoms with Crippen molar-refractivity contribution in [2.45, 2.75) is 17.0 Å². The third-order valence-corrected chi connectivity index (χ3v) is 4.19. The zero-order chi connectivity index (χ0) is 11.0. The lowest BCUT2D eigenvalue weighted by molar-refractivity contribution is 0.244. The van der Waals surface area contributed by atoms with Crippen LogP contribution in [0.2, 0.25) is 0 Å². The quantitative estimate of drug-likeness (QED) is 0.816. The van der Waals surface area contributed by atoms with E-state index in [1.807, 2.05) is 13.0 Å². The van der Waals surface area contributed by atoms with Gasteiger partial charge in [0, 0.05) is 0 Å². The Kier molecular flexibility index (Phi) is 2.79. The highest BCUT2D eigenvalue weighted by Gasteiger charge is 2.19. The first kappa shape index (κ1) is 10.6. The van der Waals surface area contributed by atoms with E-state index in [-0.39, 0.29) is 4.34 Å². The average molecular weight is 247 g/mol. The van der Waals surface area contributed by atoms with Crippen LogP contribution < -0.4 is 0 Å². The molecule has 0 amide bonds.